The molecule has 0 aliphatic heterocycles. The number of nitrogens with two attached hydrogens (primary N) is 1. The Morgan fingerprint density at radius 3 is 2.22 bits per heavy atom. The fraction of sp³-hybridized carbons (Fsp3) is 0.350. The molecule has 0 aromatic heterocycles. The van der Waals surface area contributed by atoms with Gasteiger partial charge in [0.25, 0.3) is 0 Å². The van der Waals surface area contributed by atoms with Gasteiger partial charge < -0.3 is 11.1 Å². The number of hydrogen-bond acceptors (Lipinski definition) is 2. The van der Waals surface area contributed by atoms with E-state index in [1.54, 1.807) is 0 Å². The molecule has 122 valence electrons. The summed E-state index contributed by atoms with van der Waals surface area (Å²) in [7, 11) is 0. The number of nitrogens with one attached hydrogen (secondary N) is 1. The molecule has 2 aromatic rings. The predicted octanol–water partition coefficient (Wildman–Crippen LogP) is 4.11. The number of rotatable bonds is 4. The van der Waals surface area contributed by atoms with Crippen LogP contribution in [0.1, 0.15) is 43.7 Å². The van der Waals surface area contributed by atoms with E-state index in [0.29, 0.717) is 12.5 Å². The maximum Gasteiger partial charge on any atom is 0.223 e. The van der Waals surface area contributed by atoms with Gasteiger partial charge in [-0.1, -0.05) is 62.4 Å². The van der Waals surface area contributed by atoms with Crippen LogP contribution in [-0.4, -0.2) is 5.91 Å². The molecule has 0 heterocycles. The third-order valence-electron chi connectivity index (χ3n) is 3.92. The molecule has 1 aliphatic rings. The van der Waals surface area contributed by atoms with Gasteiger partial charge in [0.15, 0.2) is 0 Å². The van der Waals surface area contributed by atoms with Gasteiger partial charge in [0.1, 0.15) is 0 Å². The molecular weight excluding hydrogens is 284 g/mol. The molecule has 1 aliphatic carbocycles. The van der Waals surface area contributed by atoms with E-state index in [9.17, 15) is 4.79 Å². The van der Waals surface area contributed by atoms with Crippen molar-refractivity contribution in [2.75, 3.05) is 5.73 Å². The predicted molar refractivity (Wildman–Crippen MR) is 96.0 cm³/mol. The zero-order chi connectivity index (χ0) is 16.7. The van der Waals surface area contributed by atoms with Crippen LogP contribution in [0.4, 0.5) is 5.69 Å². The molecule has 2 aromatic carbocycles. The first-order valence-electron chi connectivity index (χ1n) is 8.24. The minimum atomic E-state index is 0.160. The first kappa shape index (κ1) is 17.1. The average Bonchev–Trinajstić information content (AvgIpc) is 3.40. The molecule has 0 bridgehead atoms. The smallest absolute Gasteiger partial charge is 0.223 e. The van der Waals surface area contributed by atoms with Crippen molar-refractivity contribution in [3.05, 3.63) is 65.7 Å². The molecule has 23 heavy (non-hydrogen) atoms. The highest BCUT2D eigenvalue weighted by atomic mass is 16.2. The molecule has 1 amide bonds. The zero-order valence-corrected chi connectivity index (χ0v) is 14.0. The van der Waals surface area contributed by atoms with E-state index >= 15 is 0 Å². The maximum atomic E-state index is 11.3. The fourth-order valence-corrected chi connectivity index (χ4v) is 2.21. The highest BCUT2D eigenvalue weighted by Crippen LogP contribution is 2.28. The molecule has 0 atom stereocenters. The number of anilines is 1. The second kappa shape index (κ2) is 8.37. The molecule has 3 nitrogen and oxygen atoms in total. The monoisotopic (exact) mass is 310 g/mol. The topological polar surface area (TPSA) is 55.1 Å². The van der Waals surface area contributed by atoms with E-state index in [4.69, 9.17) is 5.73 Å². The van der Waals surface area contributed by atoms with Crippen molar-refractivity contribution in [1.82, 2.24) is 5.32 Å². The van der Waals surface area contributed by atoms with Gasteiger partial charge in [-0.3, -0.25) is 4.79 Å². The summed E-state index contributed by atoms with van der Waals surface area (Å²) in [6, 6.07) is 18.1. The molecular formula is C20H26N2O. The first-order chi connectivity index (χ1) is 11.1. The van der Waals surface area contributed by atoms with E-state index in [2.05, 4.69) is 43.4 Å². The van der Waals surface area contributed by atoms with E-state index in [-0.39, 0.29) is 11.8 Å². The van der Waals surface area contributed by atoms with Crippen molar-refractivity contribution in [2.24, 2.45) is 5.92 Å². The second-order valence-electron chi connectivity index (χ2n) is 6.26. The largest absolute Gasteiger partial charge is 0.398 e. The number of amides is 1. The van der Waals surface area contributed by atoms with Crippen molar-refractivity contribution in [2.45, 2.75) is 39.2 Å². The van der Waals surface area contributed by atoms with Crippen LogP contribution in [-0.2, 0) is 11.3 Å². The lowest BCUT2D eigenvalue weighted by Crippen LogP contribution is -2.24. The van der Waals surface area contributed by atoms with Gasteiger partial charge in [-0.2, -0.15) is 0 Å². The standard InChI is InChI=1S/C11H14N2O.C9H12/c12-10-4-2-1-3-9(10)7-13-11(14)8-5-6-8;1-8(2)9-6-4-3-5-7-9/h1-4,8H,5-7,12H2,(H,13,14);3-8H,1-2H3. The van der Waals surface area contributed by atoms with Crippen molar-refractivity contribution in [1.29, 1.82) is 0 Å². The van der Waals surface area contributed by atoms with Gasteiger partial charge in [0, 0.05) is 18.2 Å². The summed E-state index contributed by atoms with van der Waals surface area (Å²) in [5, 5.41) is 2.88. The van der Waals surface area contributed by atoms with E-state index in [1.165, 1.54) is 5.56 Å². The number of carbonyl (C=O) groups excluding carboxylic acids is 1. The van der Waals surface area contributed by atoms with Crippen LogP contribution >= 0.6 is 0 Å². The minimum Gasteiger partial charge on any atom is -0.398 e. The summed E-state index contributed by atoms with van der Waals surface area (Å²) >= 11 is 0. The van der Waals surface area contributed by atoms with Gasteiger partial charge >= 0.3 is 0 Å². The third kappa shape index (κ3) is 5.78. The fourth-order valence-electron chi connectivity index (χ4n) is 2.21. The van der Waals surface area contributed by atoms with Gasteiger partial charge in [-0.05, 0) is 36.0 Å². The first-order valence-corrected chi connectivity index (χ1v) is 8.24. The van der Waals surface area contributed by atoms with E-state index in [0.717, 1.165) is 24.1 Å². The molecule has 3 heteroatoms. The maximum absolute atomic E-state index is 11.3. The quantitative estimate of drug-likeness (QED) is 0.835. The minimum absolute atomic E-state index is 0.160. The van der Waals surface area contributed by atoms with Crippen molar-refractivity contribution < 1.29 is 4.79 Å². The molecule has 0 saturated heterocycles. The molecule has 3 rings (SSSR count). The number of carbonyl (C=O) groups is 1. The van der Waals surface area contributed by atoms with E-state index in [1.807, 2.05) is 30.3 Å². The lowest BCUT2D eigenvalue weighted by molar-refractivity contribution is -0.122. The molecule has 0 spiro atoms. The highest BCUT2D eigenvalue weighted by molar-refractivity contribution is 5.80. The highest BCUT2D eigenvalue weighted by Gasteiger charge is 2.29. The summed E-state index contributed by atoms with van der Waals surface area (Å²) in [5.41, 5.74) is 8.89. The Bertz CT molecular complexity index is 619. The van der Waals surface area contributed by atoms with Crippen LogP contribution in [0.25, 0.3) is 0 Å². The van der Waals surface area contributed by atoms with Crippen molar-refractivity contribution >= 4 is 11.6 Å². The molecule has 0 radical (unpaired) electrons. The number of nitrogen functional groups attached to an aromatic ring is 1. The van der Waals surface area contributed by atoms with Gasteiger partial charge in [0.2, 0.25) is 5.91 Å². The Hall–Kier alpha value is -2.29. The summed E-state index contributed by atoms with van der Waals surface area (Å²) in [6.07, 6.45) is 2.08. The van der Waals surface area contributed by atoms with E-state index < -0.39 is 0 Å². The summed E-state index contributed by atoms with van der Waals surface area (Å²) in [6.45, 7) is 4.95. The lowest BCUT2D eigenvalue weighted by atomic mass is 10.0. The van der Waals surface area contributed by atoms with Crippen LogP contribution in [0, 0.1) is 5.92 Å². The van der Waals surface area contributed by atoms with Crippen LogP contribution in [0.15, 0.2) is 54.6 Å². The summed E-state index contributed by atoms with van der Waals surface area (Å²) < 4.78 is 0. The van der Waals surface area contributed by atoms with Gasteiger partial charge in [-0.25, -0.2) is 0 Å². The Balaban J connectivity index is 0.000000185. The van der Waals surface area contributed by atoms with Gasteiger partial charge in [0.05, 0.1) is 0 Å². The molecule has 1 saturated carbocycles. The zero-order valence-electron chi connectivity index (χ0n) is 14.0. The Morgan fingerprint density at radius 2 is 1.70 bits per heavy atom. The van der Waals surface area contributed by atoms with Crippen LogP contribution < -0.4 is 11.1 Å². The van der Waals surface area contributed by atoms with Crippen LogP contribution in [0.2, 0.25) is 0 Å². The number of benzene rings is 2. The number of hydrogen-bond donors (Lipinski definition) is 2. The Labute approximate surface area is 138 Å². The van der Waals surface area contributed by atoms with Crippen molar-refractivity contribution in [3.63, 3.8) is 0 Å². The molecule has 0 unspecified atom stereocenters. The Morgan fingerprint density at radius 1 is 1.09 bits per heavy atom. The van der Waals surface area contributed by atoms with Gasteiger partial charge in [-0.15, -0.1) is 0 Å². The second-order valence-corrected chi connectivity index (χ2v) is 6.26. The summed E-state index contributed by atoms with van der Waals surface area (Å²) in [4.78, 5) is 11.3. The lowest BCUT2D eigenvalue weighted by Gasteiger charge is -2.06. The molecule has 1 fully saturated rings. The van der Waals surface area contributed by atoms with Crippen LogP contribution in [0.3, 0.4) is 0 Å². The SMILES string of the molecule is CC(C)c1ccccc1.Nc1ccccc1CNC(=O)C1CC1. The number of para-hydroxylation sites is 1. The van der Waals surface area contributed by atoms with Crippen molar-refractivity contribution in [3.8, 4) is 0 Å². The molecule has 3 N–H and O–H groups in total. The summed E-state index contributed by atoms with van der Waals surface area (Å²) in [5.74, 6) is 1.08. The van der Waals surface area contributed by atoms with Crippen LogP contribution in [0.5, 0.6) is 0 Å². The third-order valence-corrected chi connectivity index (χ3v) is 3.92. The normalized spacial score (nSPS) is 13.2. The Kier molecular flexibility index (Phi) is 6.21. The average molecular weight is 310 g/mol.